The molecule has 0 unspecified atom stereocenters. The van der Waals surface area contributed by atoms with Crippen molar-refractivity contribution in [3.05, 3.63) is 53.6 Å². The molecule has 3 rings (SSSR count). The lowest BCUT2D eigenvalue weighted by atomic mass is 10.1. The molecule has 2 aromatic carbocycles. The second-order valence-corrected chi connectivity index (χ2v) is 7.08. The lowest BCUT2D eigenvalue weighted by molar-refractivity contribution is -0.116. The van der Waals surface area contributed by atoms with Crippen LogP contribution in [0.5, 0.6) is 11.5 Å². The number of hydrogen-bond acceptors (Lipinski definition) is 6. The van der Waals surface area contributed by atoms with E-state index in [9.17, 15) is 14.4 Å². The van der Waals surface area contributed by atoms with E-state index < -0.39 is 5.97 Å². The molecule has 1 amide bonds. The maximum Gasteiger partial charge on any atom is 0.338 e. The van der Waals surface area contributed by atoms with Crippen LogP contribution in [-0.4, -0.2) is 37.5 Å². The summed E-state index contributed by atoms with van der Waals surface area (Å²) >= 11 is 0. The molecule has 0 saturated heterocycles. The third-order valence-electron chi connectivity index (χ3n) is 4.20. The first-order valence-corrected chi connectivity index (χ1v) is 9.42. The van der Waals surface area contributed by atoms with Gasteiger partial charge in [0.1, 0.15) is 13.2 Å². The summed E-state index contributed by atoms with van der Waals surface area (Å²) in [5, 5.41) is 2.78. The Balaban J connectivity index is 1.53. The van der Waals surface area contributed by atoms with Crippen LogP contribution >= 0.6 is 0 Å². The van der Waals surface area contributed by atoms with Gasteiger partial charge in [-0.15, -0.1) is 0 Å². The minimum absolute atomic E-state index is 0.0764. The Hall–Kier alpha value is -3.35. The van der Waals surface area contributed by atoms with E-state index in [1.54, 1.807) is 36.4 Å². The largest absolute Gasteiger partial charge is 0.486 e. The summed E-state index contributed by atoms with van der Waals surface area (Å²) in [5.74, 6) is 0.285. The van der Waals surface area contributed by atoms with Crippen LogP contribution in [-0.2, 0) is 9.53 Å². The van der Waals surface area contributed by atoms with Crippen LogP contribution in [0.4, 0.5) is 5.69 Å². The number of benzene rings is 2. The van der Waals surface area contributed by atoms with E-state index in [0.717, 1.165) is 0 Å². The number of hydrogen-bond donors (Lipinski definition) is 1. The summed E-state index contributed by atoms with van der Waals surface area (Å²) in [6, 6.07) is 11.2. The van der Waals surface area contributed by atoms with Crippen molar-refractivity contribution in [2.24, 2.45) is 5.92 Å². The van der Waals surface area contributed by atoms with Gasteiger partial charge in [0, 0.05) is 17.7 Å². The van der Waals surface area contributed by atoms with Gasteiger partial charge in [-0.3, -0.25) is 9.59 Å². The van der Waals surface area contributed by atoms with Gasteiger partial charge in [-0.25, -0.2) is 4.79 Å². The van der Waals surface area contributed by atoms with Gasteiger partial charge in [0.2, 0.25) is 5.91 Å². The Morgan fingerprint density at radius 3 is 2.31 bits per heavy atom. The molecule has 2 aromatic rings. The third-order valence-corrected chi connectivity index (χ3v) is 4.20. The van der Waals surface area contributed by atoms with Crippen molar-refractivity contribution in [2.75, 3.05) is 25.1 Å². The van der Waals surface area contributed by atoms with Gasteiger partial charge >= 0.3 is 5.97 Å². The zero-order valence-electron chi connectivity index (χ0n) is 16.4. The van der Waals surface area contributed by atoms with Crippen molar-refractivity contribution in [3.63, 3.8) is 0 Å². The van der Waals surface area contributed by atoms with Gasteiger partial charge in [-0.2, -0.15) is 0 Å². The van der Waals surface area contributed by atoms with Crippen LogP contribution in [0, 0.1) is 5.92 Å². The first-order valence-electron chi connectivity index (χ1n) is 9.42. The first kappa shape index (κ1) is 20.4. The lowest BCUT2D eigenvalue weighted by Crippen LogP contribution is -2.17. The fourth-order valence-electron chi connectivity index (χ4n) is 2.79. The van der Waals surface area contributed by atoms with Crippen LogP contribution in [0.25, 0.3) is 0 Å². The number of carbonyl (C=O) groups excluding carboxylic acids is 3. The Kier molecular flexibility index (Phi) is 6.49. The number of esters is 1. The molecule has 7 heteroatoms. The second-order valence-electron chi connectivity index (χ2n) is 7.08. The number of ketones is 1. The number of rotatable bonds is 7. The molecule has 7 nitrogen and oxygen atoms in total. The zero-order valence-corrected chi connectivity index (χ0v) is 16.4. The van der Waals surface area contributed by atoms with Gasteiger partial charge in [0.15, 0.2) is 23.9 Å². The number of anilines is 1. The predicted octanol–water partition coefficient (Wildman–Crippen LogP) is 3.48. The van der Waals surface area contributed by atoms with Crippen molar-refractivity contribution in [3.8, 4) is 11.5 Å². The van der Waals surface area contributed by atoms with Gasteiger partial charge in [-0.05, 0) is 48.4 Å². The highest BCUT2D eigenvalue weighted by Crippen LogP contribution is 2.30. The Bertz CT molecular complexity index is 904. The Morgan fingerprint density at radius 1 is 0.966 bits per heavy atom. The number of Topliss-reactive ketones (excluding diaryl/α,β-unsaturated/α-hetero) is 1. The predicted molar refractivity (Wildman–Crippen MR) is 107 cm³/mol. The molecular weight excluding hydrogens is 374 g/mol. The number of nitrogens with one attached hydrogen (secondary N) is 1. The fourth-order valence-corrected chi connectivity index (χ4v) is 2.79. The van der Waals surface area contributed by atoms with Crippen LogP contribution in [0.3, 0.4) is 0 Å². The molecule has 1 aliphatic heterocycles. The quantitative estimate of drug-likeness (QED) is 0.568. The van der Waals surface area contributed by atoms with E-state index in [0.29, 0.717) is 42.4 Å². The number of ether oxygens (including phenoxy) is 3. The summed E-state index contributed by atoms with van der Waals surface area (Å²) in [4.78, 5) is 36.3. The molecule has 1 aliphatic rings. The highest BCUT2D eigenvalue weighted by molar-refractivity contribution is 6.00. The molecule has 0 aliphatic carbocycles. The van der Waals surface area contributed by atoms with Gasteiger partial charge < -0.3 is 19.5 Å². The van der Waals surface area contributed by atoms with E-state index in [4.69, 9.17) is 14.2 Å². The average Bonchev–Trinajstić information content (AvgIpc) is 2.71. The summed E-state index contributed by atoms with van der Waals surface area (Å²) in [6.45, 7) is 4.43. The van der Waals surface area contributed by atoms with E-state index in [1.165, 1.54) is 6.07 Å². The molecule has 152 valence electrons. The molecule has 0 atom stereocenters. The highest BCUT2D eigenvalue weighted by atomic mass is 16.6. The Morgan fingerprint density at radius 2 is 1.62 bits per heavy atom. The zero-order chi connectivity index (χ0) is 20.8. The highest BCUT2D eigenvalue weighted by Gasteiger charge is 2.17. The van der Waals surface area contributed by atoms with E-state index in [1.807, 2.05) is 13.8 Å². The van der Waals surface area contributed by atoms with E-state index >= 15 is 0 Å². The summed E-state index contributed by atoms with van der Waals surface area (Å²) < 4.78 is 16.0. The van der Waals surface area contributed by atoms with Gasteiger partial charge in [0.25, 0.3) is 0 Å². The summed E-state index contributed by atoms with van der Waals surface area (Å²) in [6.07, 6.45) is 0.427. The molecule has 29 heavy (non-hydrogen) atoms. The van der Waals surface area contributed by atoms with Crippen LogP contribution in [0.1, 0.15) is 41.0 Å². The lowest BCUT2D eigenvalue weighted by Gasteiger charge is -2.18. The standard InChI is InChI=1S/C22H23NO6/c1-14(2)11-21(25)23-17-6-3-15(4-7-17)18(24)13-29-22(26)16-5-8-19-20(12-16)28-10-9-27-19/h3-8,12,14H,9-11,13H2,1-2H3,(H,23,25). The monoisotopic (exact) mass is 397 g/mol. The molecule has 0 radical (unpaired) electrons. The van der Waals surface area contributed by atoms with Crippen LogP contribution < -0.4 is 14.8 Å². The topological polar surface area (TPSA) is 90.9 Å². The van der Waals surface area contributed by atoms with E-state index in [2.05, 4.69) is 5.32 Å². The van der Waals surface area contributed by atoms with Crippen molar-refractivity contribution in [2.45, 2.75) is 20.3 Å². The van der Waals surface area contributed by atoms with Crippen molar-refractivity contribution >= 4 is 23.3 Å². The minimum atomic E-state index is -0.618. The minimum Gasteiger partial charge on any atom is -0.486 e. The maximum absolute atomic E-state index is 12.3. The molecule has 0 spiro atoms. The molecule has 1 heterocycles. The molecular formula is C22H23NO6. The SMILES string of the molecule is CC(C)CC(=O)Nc1ccc(C(=O)COC(=O)c2ccc3c(c2)OCCO3)cc1. The number of carbonyl (C=O) groups is 3. The Labute approximate surface area is 169 Å². The molecule has 0 fully saturated rings. The maximum atomic E-state index is 12.3. The average molecular weight is 397 g/mol. The second kappa shape index (κ2) is 9.23. The molecule has 0 saturated carbocycles. The van der Waals surface area contributed by atoms with Crippen molar-refractivity contribution in [1.29, 1.82) is 0 Å². The van der Waals surface area contributed by atoms with Gasteiger partial charge in [-0.1, -0.05) is 13.8 Å². The number of amides is 1. The summed E-state index contributed by atoms with van der Waals surface area (Å²) in [7, 11) is 0. The first-order chi connectivity index (χ1) is 13.9. The summed E-state index contributed by atoms with van der Waals surface area (Å²) in [5.41, 5.74) is 1.28. The molecule has 0 bridgehead atoms. The smallest absolute Gasteiger partial charge is 0.338 e. The van der Waals surface area contributed by atoms with Crippen molar-refractivity contribution < 1.29 is 28.6 Å². The molecule has 1 N–H and O–H groups in total. The van der Waals surface area contributed by atoms with Gasteiger partial charge in [0.05, 0.1) is 5.56 Å². The van der Waals surface area contributed by atoms with Crippen LogP contribution in [0.2, 0.25) is 0 Å². The van der Waals surface area contributed by atoms with E-state index in [-0.39, 0.29) is 29.8 Å². The fraction of sp³-hybridized carbons (Fsp3) is 0.318. The van der Waals surface area contributed by atoms with Crippen LogP contribution in [0.15, 0.2) is 42.5 Å². The number of fused-ring (bicyclic) bond motifs is 1. The molecule has 0 aromatic heterocycles. The van der Waals surface area contributed by atoms with Crippen molar-refractivity contribution in [1.82, 2.24) is 0 Å². The third kappa shape index (κ3) is 5.57. The normalized spacial score (nSPS) is 12.4.